The zero-order valence-corrected chi connectivity index (χ0v) is 16.2. The van der Waals surface area contributed by atoms with E-state index in [-0.39, 0.29) is 5.91 Å². The molecule has 3 rings (SSSR count). The summed E-state index contributed by atoms with van der Waals surface area (Å²) in [6, 6.07) is 15.1. The lowest BCUT2D eigenvalue weighted by molar-refractivity contribution is -0.113. The highest BCUT2D eigenvalue weighted by Crippen LogP contribution is 2.37. The standard InChI is InChI=1S/C20H19NO3S2/c1-3-11-24-16-10-9-14(12-17(16)23-2)13-18-19(22)21(20(25)26-18)15-7-5-4-6-8-15/h4-10,12-13H,3,11H2,1-2H3. The molecule has 4 nitrogen and oxygen atoms in total. The number of para-hydroxylation sites is 1. The molecule has 1 amide bonds. The molecule has 1 aliphatic rings. The number of thioether (sulfide) groups is 1. The monoisotopic (exact) mass is 385 g/mol. The van der Waals surface area contributed by atoms with Gasteiger partial charge >= 0.3 is 0 Å². The van der Waals surface area contributed by atoms with E-state index in [1.165, 1.54) is 11.8 Å². The van der Waals surface area contributed by atoms with E-state index in [4.69, 9.17) is 21.7 Å². The van der Waals surface area contributed by atoms with Gasteiger partial charge in [-0.3, -0.25) is 9.69 Å². The van der Waals surface area contributed by atoms with Crippen molar-refractivity contribution >= 4 is 46.0 Å². The van der Waals surface area contributed by atoms with Crippen LogP contribution in [0.3, 0.4) is 0 Å². The lowest BCUT2D eigenvalue weighted by Gasteiger charge is -2.13. The number of rotatable bonds is 6. The number of carbonyl (C=O) groups is 1. The summed E-state index contributed by atoms with van der Waals surface area (Å²) in [5.41, 5.74) is 1.64. The predicted molar refractivity (Wildman–Crippen MR) is 111 cm³/mol. The maximum Gasteiger partial charge on any atom is 0.270 e. The molecule has 0 radical (unpaired) electrons. The van der Waals surface area contributed by atoms with Crippen LogP contribution in [0.5, 0.6) is 11.5 Å². The number of anilines is 1. The number of ether oxygens (including phenoxy) is 2. The van der Waals surface area contributed by atoms with E-state index < -0.39 is 0 Å². The summed E-state index contributed by atoms with van der Waals surface area (Å²) < 4.78 is 11.6. The lowest BCUT2D eigenvalue weighted by atomic mass is 10.2. The SMILES string of the molecule is CCCOc1ccc(C=C2SC(=S)N(c3ccccc3)C2=O)cc1OC. The van der Waals surface area contributed by atoms with Crippen LogP contribution in [0.25, 0.3) is 6.08 Å². The Kier molecular flexibility index (Phi) is 5.96. The van der Waals surface area contributed by atoms with Gasteiger partial charge in [-0.05, 0) is 42.3 Å². The van der Waals surface area contributed by atoms with Crippen LogP contribution in [0.15, 0.2) is 53.4 Å². The number of amides is 1. The predicted octanol–water partition coefficient (Wildman–Crippen LogP) is 4.89. The molecule has 1 fully saturated rings. The highest BCUT2D eigenvalue weighted by atomic mass is 32.2. The first-order chi connectivity index (χ1) is 12.6. The Morgan fingerprint density at radius 3 is 2.62 bits per heavy atom. The van der Waals surface area contributed by atoms with Crippen molar-refractivity contribution in [2.45, 2.75) is 13.3 Å². The first-order valence-corrected chi connectivity index (χ1v) is 9.50. The molecule has 134 valence electrons. The van der Waals surface area contributed by atoms with Crippen LogP contribution >= 0.6 is 24.0 Å². The van der Waals surface area contributed by atoms with Gasteiger partial charge in [-0.15, -0.1) is 0 Å². The zero-order valence-electron chi connectivity index (χ0n) is 14.6. The minimum absolute atomic E-state index is 0.114. The topological polar surface area (TPSA) is 38.8 Å². The summed E-state index contributed by atoms with van der Waals surface area (Å²) in [5, 5.41) is 0. The van der Waals surface area contributed by atoms with E-state index in [1.807, 2.05) is 54.6 Å². The largest absolute Gasteiger partial charge is 0.493 e. The van der Waals surface area contributed by atoms with Crippen molar-refractivity contribution < 1.29 is 14.3 Å². The summed E-state index contributed by atoms with van der Waals surface area (Å²) in [5.74, 6) is 1.23. The minimum atomic E-state index is -0.114. The van der Waals surface area contributed by atoms with E-state index in [2.05, 4.69) is 6.92 Å². The maximum absolute atomic E-state index is 12.8. The molecule has 0 aromatic heterocycles. The molecule has 0 spiro atoms. The smallest absolute Gasteiger partial charge is 0.270 e. The summed E-state index contributed by atoms with van der Waals surface area (Å²) in [6.07, 6.45) is 2.75. The van der Waals surface area contributed by atoms with Gasteiger partial charge in [0.2, 0.25) is 0 Å². The van der Waals surface area contributed by atoms with Crippen LogP contribution in [0.4, 0.5) is 5.69 Å². The Morgan fingerprint density at radius 2 is 1.92 bits per heavy atom. The van der Waals surface area contributed by atoms with Gasteiger partial charge in [0.05, 0.1) is 24.3 Å². The third kappa shape index (κ3) is 3.92. The van der Waals surface area contributed by atoms with Crippen molar-refractivity contribution in [1.29, 1.82) is 0 Å². The van der Waals surface area contributed by atoms with Gasteiger partial charge in [-0.25, -0.2) is 0 Å². The summed E-state index contributed by atoms with van der Waals surface area (Å²) in [4.78, 5) is 14.9. The fourth-order valence-corrected chi connectivity index (χ4v) is 3.82. The highest BCUT2D eigenvalue weighted by Gasteiger charge is 2.33. The van der Waals surface area contributed by atoms with Crippen LogP contribution in [-0.4, -0.2) is 23.9 Å². The Hall–Kier alpha value is -2.31. The van der Waals surface area contributed by atoms with Gasteiger partial charge in [0, 0.05) is 0 Å². The van der Waals surface area contributed by atoms with E-state index in [1.54, 1.807) is 12.0 Å². The second kappa shape index (κ2) is 8.38. The molecule has 0 aliphatic carbocycles. The number of hydrogen-bond acceptors (Lipinski definition) is 5. The fourth-order valence-electron chi connectivity index (χ4n) is 2.52. The van der Waals surface area contributed by atoms with Crippen molar-refractivity contribution in [3.05, 3.63) is 59.0 Å². The van der Waals surface area contributed by atoms with Gasteiger partial charge in [-0.1, -0.05) is 55.2 Å². The summed E-state index contributed by atoms with van der Waals surface area (Å²) >= 11 is 6.69. The number of carbonyl (C=O) groups excluding carboxylic acids is 1. The van der Waals surface area contributed by atoms with Gasteiger partial charge in [0.1, 0.15) is 0 Å². The molecular weight excluding hydrogens is 366 g/mol. The Bertz CT molecular complexity index is 849. The quantitative estimate of drug-likeness (QED) is 0.523. The molecule has 1 saturated heterocycles. The van der Waals surface area contributed by atoms with Crippen molar-refractivity contribution in [3.8, 4) is 11.5 Å². The summed E-state index contributed by atoms with van der Waals surface area (Å²) in [7, 11) is 1.60. The van der Waals surface area contributed by atoms with Gasteiger partial charge in [0.25, 0.3) is 5.91 Å². The first-order valence-electron chi connectivity index (χ1n) is 8.28. The second-order valence-corrected chi connectivity index (χ2v) is 7.29. The molecule has 1 aliphatic heterocycles. The average Bonchev–Trinajstić information content (AvgIpc) is 2.94. The number of methoxy groups -OCH3 is 1. The van der Waals surface area contributed by atoms with Crippen molar-refractivity contribution in [2.75, 3.05) is 18.6 Å². The molecule has 2 aromatic carbocycles. The molecule has 0 unspecified atom stereocenters. The van der Waals surface area contributed by atoms with E-state index in [0.29, 0.717) is 27.3 Å². The van der Waals surface area contributed by atoms with E-state index >= 15 is 0 Å². The molecule has 0 bridgehead atoms. The minimum Gasteiger partial charge on any atom is -0.493 e. The van der Waals surface area contributed by atoms with Crippen molar-refractivity contribution in [3.63, 3.8) is 0 Å². The third-order valence-corrected chi connectivity index (χ3v) is 5.06. The van der Waals surface area contributed by atoms with Gasteiger partial charge < -0.3 is 9.47 Å². The molecule has 2 aromatic rings. The molecule has 0 atom stereocenters. The molecule has 0 N–H and O–H groups in total. The molecule has 6 heteroatoms. The zero-order chi connectivity index (χ0) is 18.5. The van der Waals surface area contributed by atoms with Crippen molar-refractivity contribution in [2.24, 2.45) is 0 Å². The molecular formula is C20H19NO3S2. The Morgan fingerprint density at radius 1 is 1.15 bits per heavy atom. The van der Waals surface area contributed by atoms with Crippen LogP contribution in [0.2, 0.25) is 0 Å². The van der Waals surface area contributed by atoms with Crippen LogP contribution in [0, 0.1) is 0 Å². The van der Waals surface area contributed by atoms with Gasteiger partial charge in [-0.2, -0.15) is 0 Å². The maximum atomic E-state index is 12.8. The highest BCUT2D eigenvalue weighted by molar-refractivity contribution is 8.27. The van der Waals surface area contributed by atoms with Crippen LogP contribution in [-0.2, 0) is 4.79 Å². The number of hydrogen-bond donors (Lipinski definition) is 0. The first kappa shape index (κ1) is 18.5. The van der Waals surface area contributed by atoms with Gasteiger partial charge in [0.15, 0.2) is 15.8 Å². The van der Waals surface area contributed by atoms with E-state index in [0.717, 1.165) is 17.7 Å². The fraction of sp³-hybridized carbons (Fsp3) is 0.200. The lowest BCUT2D eigenvalue weighted by Crippen LogP contribution is -2.27. The second-order valence-electron chi connectivity index (χ2n) is 5.61. The summed E-state index contributed by atoms with van der Waals surface area (Å²) in [6.45, 7) is 2.68. The molecule has 0 saturated carbocycles. The normalized spacial score (nSPS) is 15.6. The van der Waals surface area contributed by atoms with Crippen molar-refractivity contribution in [1.82, 2.24) is 0 Å². The number of thiocarbonyl (C=S) groups is 1. The number of nitrogens with zero attached hydrogens (tertiary/aromatic N) is 1. The van der Waals surface area contributed by atoms with Crippen LogP contribution in [0.1, 0.15) is 18.9 Å². The Labute approximate surface area is 162 Å². The third-order valence-electron chi connectivity index (χ3n) is 3.76. The Balaban J connectivity index is 1.86. The van der Waals surface area contributed by atoms with Crippen LogP contribution < -0.4 is 14.4 Å². The van der Waals surface area contributed by atoms with E-state index in [9.17, 15) is 4.79 Å². The molecule has 26 heavy (non-hydrogen) atoms. The number of benzene rings is 2. The average molecular weight is 386 g/mol. The molecule has 1 heterocycles.